The summed E-state index contributed by atoms with van der Waals surface area (Å²) in [7, 11) is 0. The lowest BCUT2D eigenvalue weighted by molar-refractivity contribution is 0.573. The van der Waals surface area contributed by atoms with Crippen molar-refractivity contribution >= 4 is 34.2 Å². The Balaban J connectivity index is 2.03. The molecule has 38 heavy (non-hydrogen) atoms. The number of aromatic nitrogens is 2. The first-order valence-corrected chi connectivity index (χ1v) is 13.7. The highest BCUT2D eigenvalue weighted by molar-refractivity contribution is 6.29. The maximum Gasteiger partial charge on any atom is 0.100 e. The molecule has 0 unspecified atom stereocenters. The Labute approximate surface area is 227 Å². The smallest absolute Gasteiger partial charge is 0.100 e. The van der Waals surface area contributed by atoms with Crippen molar-refractivity contribution < 1.29 is 0 Å². The summed E-state index contributed by atoms with van der Waals surface area (Å²) in [5.74, 6) is 0. The quantitative estimate of drug-likeness (QED) is 0.396. The van der Waals surface area contributed by atoms with Crippen molar-refractivity contribution in [2.45, 2.75) is 96.7 Å². The van der Waals surface area contributed by atoms with Gasteiger partial charge in [-0.15, -0.1) is 0 Å². The molecular formula is C34H42N4. The van der Waals surface area contributed by atoms with Crippen molar-refractivity contribution in [1.29, 1.82) is 0 Å². The minimum absolute atomic E-state index is 0.743. The molecule has 5 heterocycles. The molecule has 4 nitrogen and oxygen atoms in total. The summed E-state index contributed by atoms with van der Waals surface area (Å²) >= 11 is 0. The fraction of sp³-hybridized carbons (Fsp3) is 0.412. The molecule has 2 aromatic heterocycles. The third kappa shape index (κ3) is 3.42. The molecule has 0 saturated carbocycles. The molecule has 2 aromatic rings. The van der Waals surface area contributed by atoms with E-state index in [1.54, 1.807) is 0 Å². The Morgan fingerprint density at radius 2 is 1.34 bits per heavy atom. The van der Waals surface area contributed by atoms with E-state index in [0.29, 0.717) is 0 Å². The summed E-state index contributed by atoms with van der Waals surface area (Å²) in [4.78, 5) is 10.2. The number of rotatable bonds is 1. The molecule has 0 atom stereocenters. The Bertz CT molecular complexity index is 1750. The van der Waals surface area contributed by atoms with Crippen LogP contribution in [0.15, 0.2) is 43.7 Å². The monoisotopic (exact) mass is 506 g/mol. The van der Waals surface area contributed by atoms with Gasteiger partial charge in [0.1, 0.15) is 6.67 Å². The largest absolute Gasteiger partial charge is 0.322 e. The number of nitrogens with zero attached hydrogens (tertiary/aromatic N) is 4. The number of fused-ring (bicyclic) bond motifs is 3. The zero-order valence-electron chi connectivity index (χ0n) is 25.6. The summed E-state index contributed by atoms with van der Waals surface area (Å²) in [5.41, 5.74) is 21.4. The van der Waals surface area contributed by atoms with E-state index in [0.717, 1.165) is 23.8 Å². The first-order valence-electron chi connectivity index (χ1n) is 13.7. The molecule has 0 spiro atoms. The third-order valence-corrected chi connectivity index (χ3v) is 9.34. The zero-order chi connectivity index (χ0) is 28.0. The van der Waals surface area contributed by atoms with Gasteiger partial charge in [-0.05, 0) is 151 Å². The number of hydrogen-bond donors (Lipinski definition) is 0. The molecule has 0 saturated heterocycles. The average molecular weight is 507 g/mol. The maximum absolute atomic E-state index is 5.33. The molecule has 0 radical (unpaired) electrons. The number of allylic oxidation sites excluding steroid dienone is 6. The molecule has 4 heteroatoms. The lowest BCUT2D eigenvalue weighted by atomic mass is 9.98. The van der Waals surface area contributed by atoms with Crippen molar-refractivity contribution in [3.8, 4) is 0 Å². The summed E-state index contributed by atoms with van der Waals surface area (Å²) in [5, 5.41) is 2.62. The van der Waals surface area contributed by atoms with E-state index >= 15 is 0 Å². The van der Waals surface area contributed by atoms with E-state index in [2.05, 4.69) is 99.1 Å². The van der Waals surface area contributed by atoms with Crippen LogP contribution in [0.25, 0.3) is 22.3 Å². The molecule has 0 N–H and O–H groups in total. The van der Waals surface area contributed by atoms with Gasteiger partial charge < -0.3 is 9.13 Å². The van der Waals surface area contributed by atoms with Crippen molar-refractivity contribution in [2.75, 3.05) is 0 Å². The summed E-state index contributed by atoms with van der Waals surface area (Å²) in [6, 6.07) is 0. The molecular weight excluding hydrogens is 464 g/mol. The molecule has 3 aliphatic heterocycles. The average Bonchev–Trinajstić information content (AvgIpc) is 3.50. The fourth-order valence-electron chi connectivity index (χ4n) is 6.89. The number of hydrogen-bond acceptors (Lipinski definition) is 2. The zero-order valence-corrected chi connectivity index (χ0v) is 25.6. The van der Waals surface area contributed by atoms with Crippen molar-refractivity contribution in [2.24, 2.45) is 9.98 Å². The summed E-state index contributed by atoms with van der Waals surface area (Å²) in [6.45, 7) is 29.9. The highest BCUT2D eigenvalue weighted by Gasteiger charge is 2.29. The van der Waals surface area contributed by atoms with E-state index in [1.807, 2.05) is 6.21 Å². The minimum Gasteiger partial charge on any atom is -0.322 e. The van der Waals surface area contributed by atoms with Gasteiger partial charge in [-0.1, -0.05) is 5.57 Å². The van der Waals surface area contributed by atoms with Crippen LogP contribution in [-0.4, -0.2) is 21.1 Å². The summed E-state index contributed by atoms with van der Waals surface area (Å²) in [6.07, 6.45) is 2.00. The summed E-state index contributed by atoms with van der Waals surface area (Å²) < 4.78 is 5.10. The van der Waals surface area contributed by atoms with Gasteiger partial charge in [-0.25, -0.2) is 4.99 Å². The van der Waals surface area contributed by atoms with Crippen LogP contribution in [-0.2, 0) is 6.67 Å². The second-order valence-electron chi connectivity index (χ2n) is 11.7. The molecule has 5 rings (SSSR count). The van der Waals surface area contributed by atoms with Gasteiger partial charge in [0.25, 0.3) is 0 Å². The molecule has 0 amide bonds. The maximum atomic E-state index is 5.33. The van der Waals surface area contributed by atoms with E-state index in [-0.39, 0.29) is 0 Å². The van der Waals surface area contributed by atoms with Crippen molar-refractivity contribution in [3.05, 3.63) is 78.0 Å². The molecule has 0 fully saturated rings. The van der Waals surface area contributed by atoms with Crippen LogP contribution in [0.3, 0.4) is 0 Å². The van der Waals surface area contributed by atoms with E-state index in [1.165, 1.54) is 88.9 Å². The second kappa shape index (κ2) is 8.83. The van der Waals surface area contributed by atoms with Crippen LogP contribution in [0.2, 0.25) is 0 Å². The van der Waals surface area contributed by atoms with Crippen LogP contribution < -0.4 is 10.7 Å². The van der Waals surface area contributed by atoms with Gasteiger partial charge in [0, 0.05) is 11.6 Å². The minimum atomic E-state index is 0.743. The van der Waals surface area contributed by atoms with Gasteiger partial charge in [0.05, 0.1) is 33.8 Å². The SMILES string of the molecule is CC1=C(C)/C(=C(\C)c2c(C)c(C)c3n2Cn2c(=C(C)C)c(C)c(C)/c2=C(\C)C2=N/C(=C\3C)C(C)=C2C)N=C1. The van der Waals surface area contributed by atoms with Crippen LogP contribution in [0.1, 0.15) is 96.0 Å². The first kappa shape index (κ1) is 26.2. The fourth-order valence-corrected chi connectivity index (χ4v) is 6.89. The van der Waals surface area contributed by atoms with Crippen molar-refractivity contribution in [1.82, 2.24) is 9.13 Å². The molecule has 2 bridgehead atoms. The lowest BCUT2D eigenvalue weighted by Gasteiger charge is -2.20. The highest BCUT2D eigenvalue weighted by atomic mass is 15.2. The lowest BCUT2D eigenvalue weighted by Crippen LogP contribution is -2.35. The Hall–Kier alpha value is -3.40. The molecule has 3 aliphatic rings. The van der Waals surface area contributed by atoms with Gasteiger partial charge in [0.2, 0.25) is 0 Å². The van der Waals surface area contributed by atoms with Crippen LogP contribution in [0, 0.1) is 27.7 Å². The van der Waals surface area contributed by atoms with Crippen LogP contribution in [0.5, 0.6) is 0 Å². The Kier molecular flexibility index (Phi) is 6.09. The van der Waals surface area contributed by atoms with Crippen LogP contribution in [0.4, 0.5) is 0 Å². The standard InChI is InChI=1S/C34H42N4/c1-16(2)31-21(7)22(8)33-26(12)29-19(5)20(6)30(36-29)27(13)34-24(10)23(9)32(38(34)15-37(31)33)25(11)28-18(4)17(3)14-35-28/h14H,15H2,1-13H3/b28-25-,30-27-,33-26-. The topological polar surface area (TPSA) is 34.6 Å². The predicted molar refractivity (Wildman–Crippen MR) is 164 cm³/mol. The Morgan fingerprint density at radius 1 is 0.684 bits per heavy atom. The van der Waals surface area contributed by atoms with Gasteiger partial charge >= 0.3 is 0 Å². The van der Waals surface area contributed by atoms with E-state index in [4.69, 9.17) is 9.98 Å². The highest BCUT2D eigenvalue weighted by Crippen LogP contribution is 2.40. The third-order valence-electron chi connectivity index (χ3n) is 9.34. The van der Waals surface area contributed by atoms with E-state index in [9.17, 15) is 0 Å². The molecule has 198 valence electrons. The molecule has 0 aromatic carbocycles. The predicted octanol–water partition coefficient (Wildman–Crippen LogP) is 7.08. The number of aliphatic imine (C=N–C) groups is 2. The van der Waals surface area contributed by atoms with Gasteiger partial charge in [-0.3, -0.25) is 4.99 Å². The first-order chi connectivity index (χ1) is 17.8. The van der Waals surface area contributed by atoms with Crippen molar-refractivity contribution in [3.63, 3.8) is 0 Å². The normalized spacial score (nSPS) is 21.9. The van der Waals surface area contributed by atoms with E-state index < -0.39 is 0 Å². The van der Waals surface area contributed by atoms with Crippen LogP contribution >= 0.6 is 0 Å². The van der Waals surface area contributed by atoms with Gasteiger partial charge in [-0.2, -0.15) is 0 Å². The molecule has 0 aliphatic carbocycles. The second-order valence-corrected chi connectivity index (χ2v) is 11.7. The Morgan fingerprint density at radius 3 is 1.92 bits per heavy atom. The van der Waals surface area contributed by atoms with Gasteiger partial charge in [0.15, 0.2) is 0 Å².